The predicted octanol–water partition coefficient (Wildman–Crippen LogP) is -0.148. The summed E-state index contributed by atoms with van der Waals surface area (Å²) >= 11 is 0. The van der Waals surface area contributed by atoms with Gasteiger partial charge in [-0.3, -0.25) is 24.0 Å². The van der Waals surface area contributed by atoms with Crippen LogP contribution in [0.2, 0.25) is 0 Å². The summed E-state index contributed by atoms with van der Waals surface area (Å²) in [5.41, 5.74) is 5.51. The summed E-state index contributed by atoms with van der Waals surface area (Å²) in [5, 5.41) is 8.18. The summed E-state index contributed by atoms with van der Waals surface area (Å²) in [6, 6.07) is 4.65. The minimum atomic E-state index is -0.982. The van der Waals surface area contributed by atoms with Gasteiger partial charge < -0.3 is 36.1 Å². The van der Waals surface area contributed by atoms with Crippen LogP contribution in [-0.2, 0) is 23.9 Å². The van der Waals surface area contributed by atoms with Gasteiger partial charge in [0, 0.05) is 33.0 Å². The molecule has 0 bridgehead atoms. The number of rotatable bonds is 6. The third-order valence-electron chi connectivity index (χ3n) is 6.62. The molecule has 1 unspecified atom stereocenters. The highest BCUT2D eigenvalue weighted by atomic mass is 16.5. The molecule has 0 aliphatic carbocycles. The molecule has 0 saturated carbocycles. The lowest BCUT2D eigenvalue weighted by Gasteiger charge is -2.29. The topological polar surface area (TPSA) is 169 Å². The van der Waals surface area contributed by atoms with E-state index in [0.29, 0.717) is 25.3 Å². The van der Waals surface area contributed by atoms with Gasteiger partial charge in [0.2, 0.25) is 23.6 Å². The van der Waals surface area contributed by atoms with Crippen LogP contribution in [0, 0.1) is 0 Å². The first-order valence-electron chi connectivity index (χ1n) is 13.0. The molecule has 2 aliphatic heterocycles. The number of fused-ring (bicyclic) bond motifs is 1. The first-order valence-corrected chi connectivity index (χ1v) is 13.0. The Morgan fingerprint density at radius 1 is 1.13 bits per heavy atom. The largest absolute Gasteiger partial charge is 0.493 e. The highest BCUT2D eigenvalue weighted by Crippen LogP contribution is 2.22. The Morgan fingerprint density at radius 2 is 1.92 bits per heavy atom. The SMILES string of the molecule is COC[C@@H]1CCCN1C(=O)[C@@H]1CCC(=O)NC(CCC(N)=O)C(=O)NCCCOc2ccccc2C(=O)N1. The summed E-state index contributed by atoms with van der Waals surface area (Å²) in [5.74, 6) is -1.93. The molecule has 0 spiro atoms. The van der Waals surface area contributed by atoms with Gasteiger partial charge in [-0.25, -0.2) is 0 Å². The highest BCUT2D eigenvalue weighted by molar-refractivity contribution is 6.00. The Labute approximate surface area is 222 Å². The van der Waals surface area contributed by atoms with E-state index in [1.165, 1.54) is 0 Å². The van der Waals surface area contributed by atoms with Crippen LogP contribution in [0.4, 0.5) is 0 Å². The monoisotopic (exact) mass is 531 g/mol. The molecule has 5 amide bonds. The minimum absolute atomic E-state index is 0.0137. The average Bonchev–Trinajstić information content (AvgIpc) is 3.36. The number of carbonyl (C=O) groups excluding carboxylic acids is 5. The van der Waals surface area contributed by atoms with Gasteiger partial charge in [0.05, 0.1) is 24.8 Å². The minimum Gasteiger partial charge on any atom is -0.493 e. The number of nitrogens with two attached hydrogens (primary N) is 1. The zero-order chi connectivity index (χ0) is 27.5. The molecule has 2 aliphatic rings. The lowest BCUT2D eigenvalue weighted by molar-refractivity contribution is -0.135. The number of likely N-dealkylation sites (tertiary alicyclic amines) is 1. The second-order valence-corrected chi connectivity index (χ2v) is 9.46. The van der Waals surface area contributed by atoms with E-state index < -0.39 is 35.7 Å². The van der Waals surface area contributed by atoms with Crippen molar-refractivity contribution in [3.63, 3.8) is 0 Å². The number of hydrogen-bond acceptors (Lipinski definition) is 7. The second-order valence-electron chi connectivity index (χ2n) is 9.46. The van der Waals surface area contributed by atoms with Gasteiger partial charge >= 0.3 is 0 Å². The van der Waals surface area contributed by atoms with Crippen LogP contribution in [-0.4, -0.2) is 86.0 Å². The number of nitrogens with one attached hydrogen (secondary N) is 3. The number of primary amides is 1. The maximum atomic E-state index is 13.6. The molecular formula is C26H37N5O7. The van der Waals surface area contributed by atoms with Crippen molar-refractivity contribution in [2.75, 3.05) is 33.4 Å². The van der Waals surface area contributed by atoms with E-state index in [4.69, 9.17) is 15.2 Å². The Hall–Kier alpha value is -3.67. The maximum absolute atomic E-state index is 13.6. The smallest absolute Gasteiger partial charge is 0.255 e. The van der Waals surface area contributed by atoms with E-state index in [2.05, 4.69) is 16.0 Å². The Morgan fingerprint density at radius 3 is 2.68 bits per heavy atom. The lowest BCUT2D eigenvalue weighted by Crippen LogP contribution is -2.52. The molecule has 1 aromatic carbocycles. The average molecular weight is 532 g/mol. The molecule has 5 N–H and O–H groups in total. The normalized spacial score (nSPS) is 23.4. The number of carbonyl (C=O) groups is 5. The lowest BCUT2D eigenvalue weighted by atomic mass is 10.1. The molecule has 12 nitrogen and oxygen atoms in total. The number of para-hydroxylation sites is 1. The van der Waals surface area contributed by atoms with Crippen LogP contribution in [0.3, 0.4) is 0 Å². The van der Waals surface area contributed by atoms with Crippen LogP contribution in [0.15, 0.2) is 24.3 Å². The third-order valence-corrected chi connectivity index (χ3v) is 6.62. The van der Waals surface area contributed by atoms with Crippen LogP contribution in [0.1, 0.15) is 55.3 Å². The van der Waals surface area contributed by atoms with E-state index in [9.17, 15) is 24.0 Å². The van der Waals surface area contributed by atoms with Crippen molar-refractivity contribution in [2.45, 2.75) is 63.1 Å². The van der Waals surface area contributed by atoms with Crippen LogP contribution >= 0.6 is 0 Å². The van der Waals surface area contributed by atoms with Gasteiger partial charge in [0.1, 0.15) is 17.8 Å². The van der Waals surface area contributed by atoms with E-state index in [1.54, 1.807) is 36.3 Å². The van der Waals surface area contributed by atoms with Crippen molar-refractivity contribution in [3.05, 3.63) is 29.8 Å². The van der Waals surface area contributed by atoms with Crippen molar-refractivity contribution in [1.29, 1.82) is 0 Å². The molecule has 12 heteroatoms. The van der Waals surface area contributed by atoms with E-state index in [-0.39, 0.29) is 56.3 Å². The predicted molar refractivity (Wildman–Crippen MR) is 137 cm³/mol. The summed E-state index contributed by atoms with van der Waals surface area (Å²) in [7, 11) is 1.57. The number of ether oxygens (including phenoxy) is 2. The van der Waals surface area contributed by atoms with Crippen molar-refractivity contribution in [3.8, 4) is 5.75 Å². The van der Waals surface area contributed by atoms with Gasteiger partial charge in [0.15, 0.2) is 0 Å². The van der Waals surface area contributed by atoms with Crippen molar-refractivity contribution < 1.29 is 33.4 Å². The molecule has 38 heavy (non-hydrogen) atoms. The molecule has 1 fully saturated rings. The third kappa shape index (κ3) is 8.17. The number of amides is 5. The van der Waals surface area contributed by atoms with Crippen LogP contribution in [0.25, 0.3) is 0 Å². The van der Waals surface area contributed by atoms with E-state index in [0.717, 1.165) is 12.8 Å². The fraction of sp³-hybridized carbons (Fsp3) is 0.577. The molecule has 2 heterocycles. The van der Waals surface area contributed by atoms with Crippen molar-refractivity contribution in [2.24, 2.45) is 5.73 Å². The first kappa shape index (κ1) is 28.9. The van der Waals surface area contributed by atoms with Crippen LogP contribution < -0.4 is 26.4 Å². The van der Waals surface area contributed by atoms with Gasteiger partial charge in [-0.2, -0.15) is 0 Å². The van der Waals surface area contributed by atoms with E-state index in [1.807, 2.05) is 0 Å². The molecule has 208 valence electrons. The summed E-state index contributed by atoms with van der Waals surface area (Å²) < 4.78 is 11.1. The number of nitrogens with zero attached hydrogens (tertiary/aromatic N) is 1. The fourth-order valence-corrected chi connectivity index (χ4v) is 4.65. The number of hydrogen-bond donors (Lipinski definition) is 4. The molecule has 3 atom stereocenters. The quantitative estimate of drug-likeness (QED) is 0.396. The summed E-state index contributed by atoms with van der Waals surface area (Å²) in [4.78, 5) is 65.3. The standard InChI is InChI=1S/C26H37N5O7/c1-37-16-17-6-4-14-31(17)26(36)20-10-12-23(33)29-19(9-11-22(27)32)25(35)28-13-5-15-38-21-8-3-2-7-18(21)24(34)30-20/h2-3,7-8,17,19-20H,4-6,9-16H2,1H3,(H2,27,32)(H,28,35)(H,29,33)(H,30,34)/t17-,19?,20-/m0/s1. The molecule has 3 rings (SSSR count). The highest BCUT2D eigenvalue weighted by Gasteiger charge is 2.35. The van der Waals surface area contributed by atoms with Crippen molar-refractivity contribution in [1.82, 2.24) is 20.9 Å². The molecule has 0 radical (unpaired) electrons. The zero-order valence-corrected chi connectivity index (χ0v) is 21.7. The van der Waals surface area contributed by atoms with Gasteiger partial charge in [-0.1, -0.05) is 12.1 Å². The molecular weight excluding hydrogens is 494 g/mol. The summed E-state index contributed by atoms with van der Waals surface area (Å²) in [6.07, 6.45) is 1.89. The van der Waals surface area contributed by atoms with Gasteiger partial charge in [-0.15, -0.1) is 0 Å². The van der Waals surface area contributed by atoms with Gasteiger partial charge in [-0.05, 0) is 44.2 Å². The Bertz CT molecular complexity index is 1020. The fourth-order valence-electron chi connectivity index (χ4n) is 4.65. The number of methoxy groups -OCH3 is 1. The number of benzene rings is 1. The molecule has 0 aromatic heterocycles. The molecule has 1 aromatic rings. The van der Waals surface area contributed by atoms with Crippen molar-refractivity contribution >= 4 is 29.5 Å². The maximum Gasteiger partial charge on any atom is 0.255 e. The Balaban J connectivity index is 1.84. The van der Waals surface area contributed by atoms with Gasteiger partial charge in [0.25, 0.3) is 5.91 Å². The Kier molecular flexibility index (Phi) is 10.9. The zero-order valence-electron chi connectivity index (χ0n) is 21.7. The first-order chi connectivity index (χ1) is 18.3. The summed E-state index contributed by atoms with van der Waals surface area (Å²) in [6.45, 7) is 1.39. The second kappa shape index (κ2) is 14.3. The van der Waals surface area contributed by atoms with E-state index >= 15 is 0 Å². The molecule has 1 saturated heterocycles. The van der Waals surface area contributed by atoms with Crippen LogP contribution in [0.5, 0.6) is 5.75 Å².